The molecule has 0 spiro atoms. The maximum absolute atomic E-state index is 10.7. The molecule has 4 nitrogen and oxygen atoms in total. The highest BCUT2D eigenvalue weighted by Crippen LogP contribution is 2.18. The fourth-order valence-electron chi connectivity index (χ4n) is 1.63. The topological polar surface area (TPSA) is 63.9 Å². The molecule has 0 aliphatic carbocycles. The zero-order chi connectivity index (χ0) is 12.8. The van der Waals surface area contributed by atoms with Gasteiger partial charge in [0.25, 0.3) is 0 Å². The van der Waals surface area contributed by atoms with E-state index in [1.807, 2.05) is 41.3 Å². The van der Waals surface area contributed by atoms with Crippen molar-refractivity contribution in [2.45, 2.75) is 0 Å². The maximum atomic E-state index is 10.7. The van der Waals surface area contributed by atoms with E-state index in [4.69, 9.17) is 0 Å². The lowest BCUT2D eigenvalue weighted by atomic mass is 10.1. The van der Waals surface area contributed by atoms with E-state index in [-0.39, 0.29) is 0 Å². The highest BCUT2D eigenvalue weighted by atomic mass is 16.5. The SMILES string of the molecule is [O]Nc1cccc(/C=C/c2ccccc2N[O])c1. The van der Waals surface area contributed by atoms with Crippen molar-refractivity contribution < 1.29 is 10.4 Å². The minimum Gasteiger partial charge on any atom is -0.233 e. The molecule has 2 radical (unpaired) electrons. The summed E-state index contributed by atoms with van der Waals surface area (Å²) in [5.74, 6) is 0. The molecule has 18 heavy (non-hydrogen) atoms. The third kappa shape index (κ3) is 2.88. The molecule has 0 amide bonds. The second-order valence-electron chi connectivity index (χ2n) is 3.75. The first-order chi connectivity index (χ1) is 8.83. The number of para-hydroxylation sites is 1. The Balaban J connectivity index is 2.24. The van der Waals surface area contributed by atoms with Crippen LogP contribution in [0.15, 0.2) is 48.5 Å². The zero-order valence-corrected chi connectivity index (χ0v) is 9.59. The van der Waals surface area contributed by atoms with Crippen molar-refractivity contribution in [3.05, 3.63) is 59.7 Å². The van der Waals surface area contributed by atoms with E-state index >= 15 is 0 Å². The summed E-state index contributed by atoms with van der Waals surface area (Å²) in [6.45, 7) is 0. The van der Waals surface area contributed by atoms with Gasteiger partial charge < -0.3 is 0 Å². The monoisotopic (exact) mass is 240 g/mol. The van der Waals surface area contributed by atoms with Crippen LogP contribution < -0.4 is 11.0 Å². The normalized spacial score (nSPS) is 10.6. The fourth-order valence-corrected chi connectivity index (χ4v) is 1.63. The van der Waals surface area contributed by atoms with Gasteiger partial charge in [0.1, 0.15) is 0 Å². The Kier molecular flexibility index (Phi) is 3.96. The average molecular weight is 240 g/mol. The molecule has 0 fully saturated rings. The van der Waals surface area contributed by atoms with Crippen molar-refractivity contribution in [2.75, 3.05) is 11.0 Å². The van der Waals surface area contributed by atoms with Crippen molar-refractivity contribution in [2.24, 2.45) is 0 Å². The van der Waals surface area contributed by atoms with Crippen LogP contribution in [0, 0.1) is 0 Å². The summed E-state index contributed by atoms with van der Waals surface area (Å²) in [6, 6.07) is 14.3. The fraction of sp³-hybridized carbons (Fsp3) is 0. The lowest BCUT2D eigenvalue weighted by Crippen LogP contribution is -1.89. The molecular formula is C14H12N2O2. The van der Waals surface area contributed by atoms with Gasteiger partial charge in [0, 0.05) is 5.56 Å². The van der Waals surface area contributed by atoms with Crippen LogP contribution in [0.5, 0.6) is 0 Å². The summed E-state index contributed by atoms with van der Waals surface area (Å²) in [5, 5.41) is 21.3. The second kappa shape index (κ2) is 5.86. The molecule has 0 aliphatic heterocycles. The highest BCUT2D eigenvalue weighted by Gasteiger charge is 1.97. The molecule has 0 atom stereocenters. The maximum Gasteiger partial charge on any atom is 0.0707 e. The number of benzene rings is 2. The summed E-state index contributed by atoms with van der Waals surface area (Å²) in [6.07, 6.45) is 3.67. The summed E-state index contributed by atoms with van der Waals surface area (Å²) in [5.41, 5.74) is 6.44. The van der Waals surface area contributed by atoms with Gasteiger partial charge in [-0.1, -0.05) is 52.9 Å². The van der Waals surface area contributed by atoms with Crippen LogP contribution in [0.1, 0.15) is 11.1 Å². The first-order valence-corrected chi connectivity index (χ1v) is 5.47. The molecule has 0 unspecified atom stereocenters. The largest absolute Gasteiger partial charge is 0.233 e. The number of anilines is 2. The summed E-state index contributed by atoms with van der Waals surface area (Å²) >= 11 is 0. The van der Waals surface area contributed by atoms with Crippen LogP contribution >= 0.6 is 0 Å². The highest BCUT2D eigenvalue weighted by molar-refractivity contribution is 5.76. The van der Waals surface area contributed by atoms with Gasteiger partial charge in [0.2, 0.25) is 0 Å². The Bertz CT molecular complexity index is 553. The van der Waals surface area contributed by atoms with E-state index in [9.17, 15) is 10.4 Å². The van der Waals surface area contributed by atoms with Gasteiger partial charge in [0.15, 0.2) is 0 Å². The molecule has 90 valence electrons. The van der Waals surface area contributed by atoms with Gasteiger partial charge in [-0.3, -0.25) is 0 Å². The molecule has 2 N–H and O–H groups in total. The lowest BCUT2D eigenvalue weighted by molar-refractivity contribution is 0.274. The first-order valence-electron chi connectivity index (χ1n) is 5.47. The van der Waals surface area contributed by atoms with E-state index in [1.54, 1.807) is 30.3 Å². The Hall–Kier alpha value is -2.30. The molecule has 0 aromatic heterocycles. The second-order valence-corrected chi connectivity index (χ2v) is 3.75. The molecule has 2 rings (SSSR count). The van der Waals surface area contributed by atoms with Crippen molar-refractivity contribution in [1.82, 2.24) is 0 Å². The third-order valence-corrected chi connectivity index (χ3v) is 2.53. The van der Waals surface area contributed by atoms with Crippen molar-refractivity contribution in [3.63, 3.8) is 0 Å². The van der Waals surface area contributed by atoms with E-state index in [2.05, 4.69) is 0 Å². The minimum atomic E-state index is 0.507. The van der Waals surface area contributed by atoms with E-state index < -0.39 is 0 Å². The molecule has 0 saturated carbocycles. The molecule has 0 bridgehead atoms. The van der Waals surface area contributed by atoms with Crippen LogP contribution in [0.2, 0.25) is 0 Å². The van der Waals surface area contributed by atoms with Gasteiger partial charge in [0.05, 0.1) is 11.4 Å². The molecule has 0 heterocycles. The van der Waals surface area contributed by atoms with E-state index in [0.717, 1.165) is 11.1 Å². The predicted molar refractivity (Wildman–Crippen MR) is 70.4 cm³/mol. The summed E-state index contributed by atoms with van der Waals surface area (Å²) < 4.78 is 0. The van der Waals surface area contributed by atoms with Crippen LogP contribution in [0.3, 0.4) is 0 Å². The average Bonchev–Trinajstić information content (AvgIpc) is 2.45. The van der Waals surface area contributed by atoms with Crippen LogP contribution in [0.4, 0.5) is 11.4 Å². The standard InChI is InChI=1S/C14H12N2O2/c17-15-13-6-3-4-11(10-13)8-9-12-5-1-2-7-14(12)16-18/h1-10,15-16H/b9-8+. The van der Waals surface area contributed by atoms with Crippen molar-refractivity contribution in [1.29, 1.82) is 0 Å². The quantitative estimate of drug-likeness (QED) is 0.635. The number of hydrogen-bond donors (Lipinski definition) is 2. The Morgan fingerprint density at radius 3 is 2.44 bits per heavy atom. The number of nitrogens with one attached hydrogen (secondary N) is 2. The number of rotatable bonds is 4. The van der Waals surface area contributed by atoms with Crippen LogP contribution in [-0.2, 0) is 10.4 Å². The molecule has 4 heteroatoms. The predicted octanol–water partition coefficient (Wildman–Crippen LogP) is 3.37. The van der Waals surface area contributed by atoms with Gasteiger partial charge >= 0.3 is 0 Å². The van der Waals surface area contributed by atoms with Crippen molar-refractivity contribution >= 4 is 23.5 Å². The van der Waals surface area contributed by atoms with Gasteiger partial charge in [-0.25, -0.2) is 11.0 Å². The molecular weight excluding hydrogens is 228 g/mol. The van der Waals surface area contributed by atoms with Gasteiger partial charge in [-0.15, -0.1) is 0 Å². The number of hydrogen-bond acceptors (Lipinski definition) is 2. The van der Waals surface area contributed by atoms with Gasteiger partial charge in [-0.2, -0.15) is 0 Å². The summed E-state index contributed by atoms with van der Waals surface area (Å²) in [7, 11) is 0. The smallest absolute Gasteiger partial charge is 0.0707 e. The van der Waals surface area contributed by atoms with Gasteiger partial charge in [-0.05, 0) is 23.8 Å². The first kappa shape index (κ1) is 12.2. The van der Waals surface area contributed by atoms with E-state index in [0.29, 0.717) is 11.4 Å². The van der Waals surface area contributed by atoms with Crippen LogP contribution in [0.25, 0.3) is 12.2 Å². The molecule has 0 aliphatic rings. The minimum absolute atomic E-state index is 0.507. The van der Waals surface area contributed by atoms with E-state index in [1.165, 1.54) is 0 Å². The molecule has 0 saturated heterocycles. The summed E-state index contributed by atoms with van der Waals surface area (Å²) in [4.78, 5) is 0. The van der Waals surface area contributed by atoms with Crippen molar-refractivity contribution in [3.8, 4) is 0 Å². The zero-order valence-electron chi connectivity index (χ0n) is 9.59. The Morgan fingerprint density at radius 1 is 0.833 bits per heavy atom. The Labute approximate surface area is 105 Å². The molecule has 2 aromatic carbocycles. The lowest BCUT2D eigenvalue weighted by Gasteiger charge is -2.02. The molecule has 2 aromatic rings. The Morgan fingerprint density at radius 2 is 1.67 bits per heavy atom. The van der Waals surface area contributed by atoms with Crippen LogP contribution in [-0.4, -0.2) is 0 Å². The third-order valence-electron chi connectivity index (χ3n) is 2.53.